The lowest BCUT2D eigenvalue weighted by Gasteiger charge is -2.49. The number of likely N-dealkylation sites (tertiary alicyclic amines) is 1. The fraction of sp³-hybridized carbons (Fsp3) is 0.375. The number of carbonyl (C=O) groups is 1. The lowest BCUT2D eigenvalue weighted by atomic mass is 9.95. The van der Waals surface area contributed by atoms with Crippen molar-refractivity contribution in [3.63, 3.8) is 0 Å². The first-order valence-electron chi connectivity index (χ1n) is 15.1. The summed E-state index contributed by atoms with van der Waals surface area (Å²) in [5.41, 5.74) is 0.761. The van der Waals surface area contributed by atoms with Crippen LogP contribution in [-0.4, -0.2) is 80.8 Å². The molecule has 10 nitrogen and oxygen atoms in total. The maximum atomic E-state index is 14.4. The van der Waals surface area contributed by atoms with Crippen molar-refractivity contribution in [2.75, 3.05) is 26.3 Å². The molecule has 47 heavy (non-hydrogen) atoms. The zero-order valence-electron chi connectivity index (χ0n) is 25.0. The third kappa shape index (κ3) is 6.50. The van der Waals surface area contributed by atoms with Gasteiger partial charge in [0, 0.05) is 41.9 Å². The van der Waals surface area contributed by atoms with Crippen LogP contribution in [0, 0.1) is 11.6 Å². The summed E-state index contributed by atoms with van der Waals surface area (Å²) >= 11 is 13.4. The van der Waals surface area contributed by atoms with Crippen molar-refractivity contribution in [3.8, 4) is 11.3 Å². The molecule has 3 saturated heterocycles. The second kappa shape index (κ2) is 13.7. The van der Waals surface area contributed by atoms with Crippen LogP contribution < -0.4 is 0 Å². The second-order valence-corrected chi connectivity index (χ2v) is 13.2. The molecule has 0 aliphatic carbocycles. The van der Waals surface area contributed by atoms with Gasteiger partial charge in [-0.25, -0.2) is 18.4 Å². The van der Waals surface area contributed by atoms with Gasteiger partial charge in [-0.1, -0.05) is 70.5 Å². The minimum atomic E-state index is -0.914. The van der Waals surface area contributed by atoms with Crippen LogP contribution in [0.25, 0.3) is 11.3 Å². The summed E-state index contributed by atoms with van der Waals surface area (Å²) in [6.45, 7) is 3.66. The fourth-order valence-corrected chi connectivity index (χ4v) is 7.44. The minimum absolute atomic E-state index is 0.160. The smallest absolute Gasteiger partial charge is 0.273 e. The van der Waals surface area contributed by atoms with Crippen LogP contribution in [-0.2, 0) is 18.9 Å². The highest BCUT2D eigenvalue weighted by atomic mass is 35.5. The Hall–Kier alpha value is -3.17. The first-order chi connectivity index (χ1) is 22.8. The Morgan fingerprint density at radius 1 is 1.11 bits per heavy atom. The van der Waals surface area contributed by atoms with Crippen LogP contribution in [0.1, 0.15) is 41.7 Å². The molecular formula is C32H29Cl2F2N5O5S. The lowest BCUT2D eigenvalue weighted by Crippen LogP contribution is -2.59. The van der Waals surface area contributed by atoms with Gasteiger partial charge in [-0.15, -0.1) is 5.10 Å². The molecule has 3 unspecified atom stereocenters. The molecule has 0 saturated carbocycles. The maximum Gasteiger partial charge on any atom is 0.273 e. The lowest BCUT2D eigenvalue weighted by molar-refractivity contribution is -0.309. The van der Waals surface area contributed by atoms with E-state index < -0.39 is 52.7 Å². The Bertz CT molecular complexity index is 1740. The van der Waals surface area contributed by atoms with Crippen LogP contribution in [0.2, 0.25) is 10.0 Å². The number of carbonyl (C=O) groups excluding carboxylic acids is 1. The topological polar surface area (TPSA) is 101 Å². The van der Waals surface area contributed by atoms with Gasteiger partial charge in [-0.3, -0.25) is 4.79 Å². The summed E-state index contributed by atoms with van der Waals surface area (Å²) in [4.78, 5) is 20.0. The molecule has 5 heterocycles. The van der Waals surface area contributed by atoms with E-state index in [1.807, 2.05) is 37.3 Å². The summed E-state index contributed by atoms with van der Waals surface area (Å²) in [7, 11) is 0. The fourth-order valence-electron chi connectivity index (χ4n) is 5.84. The number of amides is 1. The zero-order valence-corrected chi connectivity index (χ0v) is 27.3. The average Bonchev–Trinajstić information content (AvgIpc) is 3.53. The largest absolute Gasteiger partial charge is 0.373 e. The number of fused-ring (bicyclic) bond motifs is 1. The first-order valence-corrected chi connectivity index (χ1v) is 16.7. The third-order valence-electron chi connectivity index (χ3n) is 8.24. The quantitative estimate of drug-likeness (QED) is 0.194. The van der Waals surface area contributed by atoms with E-state index in [2.05, 4.69) is 15.3 Å². The van der Waals surface area contributed by atoms with E-state index in [0.717, 1.165) is 24.1 Å². The monoisotopic (exact) mass is 703 g/mol. The summed E-state index contributed by atoms with van der Waals surface area (Å²) < 4.78 is 56.0. The van der Waals surface area contributed by atoms with E-state index in [0.29, 0.717) is 29.6 Å². The van der Waals surface area contributed by atoms with Crippen molar-refractivity contribution in [1.29, 1.82) is 0 Å². The van der Waals surface area contributed by atoms with Gasteiger partial charge < -0.3 is 23.8 Å². The molecule has 7 rings (SSSR count). The van der Waals surface area contributed by atoms with Crippen LogP contribution in [0.15, 0.2) is 65.8 Å². The maximum absolute atomic E-state index is 14.4. The van der Waals surface area contributed by atoms with Crippen molar-refractivity contribution in [2.24, 2.45) is 0 Å². The van der Waals surface area contributed by atoms with Gasteiger partial charge in [0.2, 0.25) is 0 Å². The predicted octanol–water partition coefficient (Wildman–Crippen LogP) is 6.35. The van der Waals surface area contributed by atoms with Crippen molar-refractivity contribution in [1.82, 2.24) is 24.9 Å². The minimum Gasteiger partial charge on any atom is -0.373 e. The molecule has 4 aromatic rings. The SMILES string of the molecule is CCOC1[C@@H](Sc2cc(Cl)cnc2C(=O)N2CCC2)OC2COC(c3ccccc3)O[C@@H]2[C@@H]1n1cc(-c2cc(F)c(Cl)c(F)c2)nn1. The Morgan fingerprint density at radius 2 is 1.87 bits per heavy atom. The van der Waals surface area contributed by atoms with Gasteiger partial charge >= 0.3 is 0 Å². The molecule has 0 spiro atoms. The van der Waals surface area contributed by atoms with Gasteiger partial charge in [0.05, 0.1) is 17.8 Å². The van der Waals surface area contributed by atoms with Crippen LogP contribution >= 0.6 is 35.0 Å². The Labute approximate surface area is 283 Å². The van der Waals surface area contributed by atoms with Crippen molar-refractivity contribution in [2.45, 2.75) is 54.3 Å². The summed E-state index contributed by atoms with van der Waals surface area (Å²) in [6, 6.07) is 12.7. The molecular weight excluding hydrogens is 675 g/mol. The normalized spacial score (nSPS) is 25.7. The Balaban J connectivity index is 1.27. The van der Waals surface area contributed by atoms with Gasteiger partial charge in [-0.05, 0) is 31.5 Å². The van der Waals surface area contributed by atoms with E-state index in [4.69, 9.17) is 42.1 Å². The summed E-state index contributed by atoms with van der Waals surface area (Å²) in [5.74, 6) is -2.02. The molecule has 1 amide bonds. The van der Waals surface area contributed by atoms with Crippen LogP contribution in [0.4, 0.5) is 8.78 Å². The number of pyridine rings is 1. The number of hydrogen-bond acceptors (Lipinski definition) is 9. The summed E-state index contributed by atoms with van der Waals surface area (Å²) in [6.07, 6.45) is 1.33. The molecule has 6 atom stereocenters. The molecule has 246 valence electrons. The number of benzene rings is 2. The number of hydrogen-bond donors (Lipinski definition) is 0. The number of nitrogens with zero attached hydrogens (tertiary/aromatic N) is 5. The highest BCUT2D eigenvalue weighted by Gasteiger charge is 2.52. The zero-order chi connectivity index (χ0) is 32.7. The Morgan fingerprint density at radius 3 is 2.57 bits per heavy atom. The standard InChI is InChI=1S/C32H29Cl2F2N5O5S/c1-2-43-29-27(41-15-22(38-39-41)18-11-20(35)25(34)21(36)12-18)28-23(16-44-31(46-28)17-7-4-3-5-8-17)45-32(29)47-24-13-19(33)14-37-26(24)30(42)40-9-6-10-40/h3-5,7-8,11-15,23,27-29,31-32H,2,6,9-10,16H2,1H3/t23?,27-,28-,29?,31?,32+/m0/s1. The highest BCUT2D eigenvalue weighted by Crippen LogP contribution is 2.45. The number of rotatable bonds is 8. The van der Waals surface area contributed by atoms with Crippen molar-refractivity contribution < 1.29 is 32.5 Å². The molecule has 2 aromatic carbocycles. The van der Waals surface area contributed by atoms with Gasteiger partial charge in [0.15, 0.2) is 6.29 Å². The van der Waals surface area contributed by atoms with E-state index in [1.54, 1.807) is 21.8 Å². The number of ether oxygens (including phenoxy) is 4. The highest BCUT2D eigenvalue weighted by molar-refractivity contribution is 8.00. The van der Waals surface area contributed by atoms with E-state index in [9.17, 15) is 13.6 Å². The average molecular weight is 705 g/mol. The number of halogens is 4. The van der Waals surface area contributed by atoms with Gasteiger partial charge in [-0.2, -0.15) is 0 Å². The van der Waals surface area contributed by atoms with Crippen LogP contribution in [0.3, 0.4) is 0 Å². The van der Waals surface area contributed by atoms with Crippen LogP contribution in [0.5, 0.6) is 0 Å². The van der Waals surface area contributed by atoms with Crippen molar-refractivity contribution >= 4 is 40.9 Å². The molecule has 3 aliphatic rings. The van der Waals surface area contributed by atoms with E-state index in [-0.39, 0.29) is 29.5 Å². The predicted molar refractivity (Wildman–Crippen MR) is 169 cm³/mol. The molecule has 3 aliphatic heterocycles. The molecule has 0 N–H and O–H groups in total. The summed E-state index contributed by atoms with van der Waals surface area (Å²) in [5, 5.41) is 8.40. The second-order valence-electron chi connectivity index (χ2n) is 11.2. The molecule has 2 aromatic heterocycles. The third-order valence-corrected chi connectivity index (χ3v) is 9.99. The number of thioether (sulfide) groups is 1. The molecule has 0 radical (unpaired) electrons. The van der Waals surface area contributed by atoms with E-state index in [1.165, 1.54) is 18.0 Å². The molecule has 3 fully saturated rings. The van der Waals surface area contributed by atoms with Gasteiger partial charge in [0.25, 0.3) is 5.91 Å². The molecule has 0 bridgehead atoms. The van der Waals surface area contributed by atoms with Gasteiger partial charge in [0.1, 0.15) is 57.8 Å². The van der Waals surface area contributed by atoms with E-state index >= 15 is 0 Å². The Kier molecular flexibility index (Phi) is 9.47. The molecule has 15 heteroatoms. The first kappa shape index (κ1) is 32.4. The number of aromatic nitrogens is 4. The van der Waals surface area contributed by atoms with Crippen molar-refractivity contribution in [3.05, 3.63) is 93.9 Å².